The van der Waals surface area contributed by atoms with E-state index >= 15 is 0 Å². The second-order valence-electron chi connectivity index (χ2n) is 5.75. The number of para-hydroxylation sites is 1. The number of halogens is 1. The van der Waals surface area contributed by atoms with Crippen molar-refractivity contribution in [1.82, 2.24) is 4.98 Å². The number of hydrogen-bond donors (Lipinski definition) is 1. The van der Waals surface area contributed by atoms with E-state index in [1.165, 1.54) is 11.3 Å². The van der Waals surface area contributed by atoms with Gasteiger partial charge in [-0.05, 0) is 36.2 Å². The maximum Gasteiger partial charge on any atom is 0.226 e. The van der Waals surface area contributed by atoms with Crippen molar-refractivity contribution >= 4 is 34.0 Å². The van der Waals surface area contributed by atoms with E-state index in [0.29, 0.717) is 28.7 Å². The number of thiazole rings is 1. The number of carbonyl (C=O) groups excluding carboxylic acids is 1. The monoisotopic (exact) mass is 402 g/mol. The average Bonchev–Trinajstić information content (AvgIpc) is 3.15. The maximum atomic E-state index is 12.2. The summed E-state index contributed by atoms with van der Waals surface area (Å²) in [7, 11) is 3.20. The molecule has 0 saturated heterocycles. The first-order valence-corrected chi connectivity index (χ1v) is 9.57. The largest absolute Gasteiger partial charge is 0.496 e. The van der Waals surface area contributed by atoms with Crippen LogP contribution < -0.4 is 14.8 Å². The molecular weight excluding hydrogens is 384 g/mol. The third-order valence-electron chi connectivity index (χ3n) is 4.01. The normalized spacial score (nSPS) is 10.5. The Kier molecular flexibility index (Phi) is 6.32. The third-order valence-corrected chi connectivity index (χ3v) is 5.07. The van der Waals surface area contributed by atoms with Crippen molar-refractivity contribution in [2.24, 2.45) is 0 Å². The van der Waals surface area contributed by atoms with Gasteiger partial charge in [0.15, 0.2) is 5.13 Å². The quantitative estimate of drug-likeness (QED) is 0.600. The Morgan fingerprint density at radius 3 is 2.67 bits per heavy atom. The number of benzene rings is 2. The minimum Gasteiger partial charge on any atom is -0.496 e. The minimum absolute atomic E-state index is 0.0884. The molecule has 0 atom stereocenters. The lowest BCUT2D eigenvalue weighted by Gasteiger charge is -2.07. The van der Waals surface area contributed by atoms with Crippen molar-refractivity contribution in [2.45, 2.75) is 12.8 Å². The van der Waals surface area contributed by atoms with Gasteiger partial charge >= 0.3 is 0 Å². The summed E-state index contributed by atoms with van der Waals surface area (Å²) >= 11 is 7.54. The molecular formula is C20H19ClN2O3S. The number of ether oxygens (including phenoxy) is 2. The highest BCUT2D eigenvalue weighted by Gasteiger charge is 2.11. The molecule has 27 heavy (non-hydrogen) atoms. The molecule has 140 valence electrons. The van der Waals surface area contributed by atoms with Crippen molar-refractivity contribution in [1.29, 1.82) is 0 Å². The zero-order valence-electron chi connectivity index (χ0n) is 15.0. The average molecular weight is 403 g/mol. The molecule has 0 aliphatic carbocycles. The zero-order valence-corrected chi connectivity index (χ0v) is 16.6. The van der Waals surface area contributed by atoms with Crippen molar-refractivity contribution in [3.63, 3.8) is 0 Å². The van der Waals surface area contributed by atoms with Crippen LogP contribution in [0.15, 0.2) is 47.8 Å². The van der Waals surface area contributed by atoms with Gasteiger partial charge in [0, 0.05) is 17.4 Å². The minimum atomic E-state index is -0.0884. The number of aryl methyl sites for hydroxylation is 1. The standard InChI is InChI=1S/C20H19ClN2O3S/c1-25-17-6-4-3-5-13(17)8-10-19(24)23-20-22-16(12-27-20)14-7-9-18(26-2)15(21)11-14/h3-7,9,11-12H,8,10H2,1-2H3,(H,22,23,24). The van der Waals surface area contributed by atoms with E-state index in [-0.39, 0.29) is 5.91 Å². The Hall–Kier alpha value is -2.57. The fraction of sp³-hybridized carbons (Fsp3) is 0.200. The van der Waals surface area contributed by atoms with Crippen LogP contribution in [0.4, 0.5) is 5.13 Å². The van der Waals surface area contributed by atoms with Crippen LogP contribution in [0.2, 0.25) is 5.02 Å². The summed E-state index contributed by atoms with van der Waals surface area (Å²) in [6, 6.07) is 13.2. The van der Waals surface area contributed by atoms with E-state index in [2.05, 4.69) is 10.3 Å². The van der Waals surface area contributed by atoms with Crippen LogP contribution in [-0.4, -0.2) is 25.1 Å². The Bertz CT molecular complexity index is 942. The number of nitrogens with zero attached hydrogens (tertiary/aromatic N) is 1. The molecule has 3 aromatic rings. The van der Waals surface area contributed by atoms with Gasteiger partial charge in [0.25, 0.3) is 0 Å². The number of anilines is 1. The fourth-order valence-electron chi connectivity index (χ4n) is 2.63. The van der Waals surface area contributed by atoms with E-state index in [0.717, 1.165) is 22.6 Å². The first-order valence-electron chi connectivity index (χ1n) is 8.32. The highest BCUT2D eigenvalue weighted by atomic mass is 35.5. The molecule has 1 amide bonds. The summed E-state index contributed by atoms with van der Waals surface area (Å²) in [6.07, 6.45) is 0.950. The second-order valence-corrected chi connectivity index (χ2v) is 7.01. The smallest absolute Gasteiger partial charge is 0.226 e. The zero-order chi connectivity index (χ0) is 19.2. The first kappa shape index (κ1) is 19.2. The van der Waals surface area contributed by atoms with Gasteiger partial charge in [-0.25, -0.2) is 4.98 Å². The number of carbonyl (C=O) groups is 1. The number of rotatable bonds is 7. The lowest BCUT2D eigenvalue weighted by Crippen LogP contribution is -2.12. The van der Waals surface area contributed by atoms with Crippen LogP contribution >= 0.6 is 22.9 Å². The Morgan fingerprint density at radius 2 is 1.93 bits per heavy atom. The molecule has 7 heteroatoms. The van der Waals surface area contributed by atoms with Crippen LogP contribution in [0.5, 0.6) is 11.5 Å². The van der Waals surface area contributed by atoms with Gasteiger partial charge in [-0.3, -0.25) is 4.79 Å². The van der Waals surface area contributed by atoms with E-state index in [9.17, 15) is 4.79 Å². The van der Waals surface area contributed by atoms with Crippen molar-refractivity contribution in [3.05, 3.63) is 58.4 Å². The SMILES string of the molecule is COc1ccc(-c2csc(NC(=O)CCc3ccccc3OC)n2)cc1Cl. The van der Waals surface area contributed by atoms with E-state index < -0.39 is 0 Å². The molecule has 5 nitrogen and oxygen atoms in total. The Labute approximate surface area is 166 Å². The molecule has 0 bridgehead atoms. The number of amides is 1. The highest BCUT2D eigenvalue weighted by molar-refractivity contribution is 7.14. The number of nitrogens with one attached hydrogen (secondary N) is 1. The van der Waals surface area contributed by atoms with Crippen LogP contribution in [0.3, 0.4) is 0 Å². The Balaban J connectivity index is 1.62. The summed E-state index contributed by atoms with van der Waals surface area (Å²) in [5, 5.41) is 5.81. The first-order chi connectivity index (χ1) is 13.1. The van der Waals surface area contributed by atoms with Gasteiger partial charge < -0.3 is 14.8 Å². The third kappa shape index (κ3) is 4.78. The molecule has 0 radical (unpaired) electrons. The van der Waals surface area contributed by atoms with Gasteiger partial charge in [-0.15, -0.1) is 11.3 Å². The summed E-state index contributed by atoms with van der Waals surface area (Å²) in [4.78, 5) is 16.7. The van der Waals surface area contributed by atoms with E-state index in [1.807, 2.05) is 35.7 Å². The lowest BCUT2D eigenvalue weighted by atomic mass is 10.1. The molecule has 2 aromatic carbocycles. The topological polar surface area (TPSA) is 60.5 Å². The van der Waals surface area contributed by atoms with Gasteiger partial charge in [-0.2, -0.15) is 0 Å². The molecule has 0 aliphatic rings. The van der Waals surface area contributed by atoms with Crippen molar-refractivity contribution in [3.8, 4) is 22.8 Å². The molecule has 0 spiro atoms. The van der Waals surface area contributed by atoms with Crippen molar-refractivity contribution < 1.29 is 14.3 Å². The van der Waals surface area contributed by atoms with Gasteiger partial charge in [0.05, 0.1) is 24.9 Å². The number of methoxy groups -OCH3 is 2. The molecule has 0 fully saturated rings. The molecule has 1 aromatic heterocycles. The van der Waals surface area contributed by atoms with Gasteiger partial charge in [-0.1, -0.05) is 29.8 Å². The molecule has 1 N–H and O–H groups in total. The molecule has 0 saturated carbocycles. The van der Waals surface area contributed by atoms with Crippen LogP contribution in [0.1, 0.15) is 12.0 Å². The summed E-state index contributed by atoms with van der Waals surface area (Å²) in [5.74, 6) is 1.31. The maximum absolute atomic E-state index is 12.2. The van der Waals surface area contributed by atoms with Crippen LogP contribution in [0.25, 0.3) is 11.3 Å². The predicted molar refractivity (Wildman–Crippen MR) is 109 cm³/mol. The second kappa shape index (κ2) is 8.88. The Morgan fingerprint density at radius 1 is 1.15 bits per heavy atom. The van der Waals surface area contributed by atoms with E-state index in [1.54, 1.807) is 26.4 Å². The van der Waals surface area contributed by atoms with Gasteiger partial charge in [0.2, 0.25) is 5.91 Å². The van der Waals surface area contributed by atoms with Crippen LogP contribution in [0, 0.1) is 0 Å². The number of aromatic nitrogens is 1. The van der Waals surface area contributed by atoms with Crippen molar-refractivity contribution in [2.75, 3.05) is 19.5 Å². The molecule has 3 rings (SSSR count). The molecule has 0 unspecified atom stereocenters. The number of hydrogen-bond acceptors (Lipinski definition) is 5. The van der Waals surface area contributed by atoms with E-state index in [4.69, 9.17) is 21.1 Å². The lowest BCUT2D eigenvalue weighted by molar-refractivity contribution is -0.116. The molecule has 0 aliphatic heterocycles. The molecule has 1 heterocycles. The summed E-state index contributed by atoms with van der Waals surface area (Å²) in [5.41, 5.74) is 2.62. The predicted octanol–water partition coefficient (Wildman–Crippen LogP) is 5.05. The van der Waals surface area contributed by atoms with Crippen LogP contribution in [-0.2, 0) is 11.2 Å². The summed E-state index contributed by atoms with van der Waals surface area (Å²) < 4.78 is 10.5. The fourth-order valence-corrected chi connectivity index (χ4v) is 3.62. The summed E-state index contributed by atoms with van der Waals surface area (Å²) in [6.45, 7) is 0. The highest BCUT2D eigenvalue weighted by Crippen LogP contribution is 2.31. The van der Waals surface area contributed by atoms with Gasteiger partial charge in [0.1, 0.15) is 11.5 Å².